The molecule has 4 aromatic rings. The van der Waals surface area contributed by atoms with Crippen molar-refractivity contribution in [2.75, 3.05) is 26.2 Å². The van der Waals surface area contributed by atoms with Gasteiger partial charge in [0.1, 0.15) is 0 Å². The second kappa shape index (κ2) is 22.3. The van der Waals surface area contributed by atoms with Crippen LogP contribution in [0.25, 0.3) is 0 Å². The number of nitrogens with zero attached hydrogens (tertiary/aromatic N) is 4. The Hall–Kier alpha value is -4.20. The van der Waals surface area contributed by atoms with Crippen LogP contribution >= 0.6 is 0 Å². The third-order valence-electron chi connectivity index (χ3n) is 6.44. The fraction of sp³-hybridized carbons (Fsp3) is 0.222. The summed E-state index contributed by atoms with van der Waals surface area (Å²) in [6.45, 7) is 6.10. The van der Waals surface area contributed by atoms with Crippen LogP contribution in [0, 0.1) is 0 Å². The van der Waals surface area contributed by atoms with E-state index in [4.69, 9.17) is 0 Å². The molecule has 0 aliphatic rings. The molecule has 4 aromatic carbocycles. The van der Waals surface area contributed by atoms with Crippen LogP contribution in [0.2, 0.25) is 0 Å². The maximum atomic E-state index is 11.7. The zero-order valence-electron chi connectivity index (χ0n) is 25.7. The molecule has 0 saturated heterocycles. The predicted octanol–water partition coefficient (Wildman–Crippen LogP) is 4.30. The van der Waals surface area contributed by atoms with Gasteiger partial charge in [-0.25, -0.2) is 0 Å². The van der Waals surface area contributed by atoms with Crippen molar-refractivity contribution < 1.29 is 54.6 Å². The molecule has 0 bridgehead atoms. The van der Waals surface area contributed by atoms with Crippen molar-refractivity contribution >= 4 is 23.9 Å². The van der Waals surface area contributed by atoms with E-state index < -0.39 is 0 Å². The summed E-state index contributed by atoms with van der Waals surface area (Å²) in [4.78, 5) is 17.3. The Morgan fingerprint density at radius 1 is 0.478 bits per heavy atom. The van der Waals surface area contributed by atoms with Gasteiger partial charge in [-0.1, -0.05) is 109 Å². The van der Waals surface area contributed by atoms with E-state index in [9.17, 15) is 20.4 Å². The quantitative estimate of drug-likeness (QED) is 0.123. The van der Waals surface area contributed by atoms with Crippen molar-refractivity contribution in [3.63, 3.8) is 0 Å². The van der Waals surface area contributed by atoms with Gasteiger partial charge in [0.2, 0.25) is 0 Å². The van der Waals surface area contributed by atoms with Gasteiger partial charge in [0.25, 0.3) is 0 Å². The van der Waals surface area contributed by atoms with Gasteiger partial charge < -0.3 is 20.4 Å². The molecule has 4 rings (SSSR count). The first-order chi connectivity index (χ1) is 21.4. The summed E-state index contributed by atoms with van der Waals surface area (Å²) in [6.07, 6.45) is 4.75. The Kier molecular flexibility index (Phi) is 19.3. The summed E-state index contributed by atoms with van der Waals surface area (Å²) < 4.78 is 0. The first kappa shape index (κ1) is 39.8. The summed E-state index contributed by atoms with van der Waals surface area (Å²) in [5.41, 5.74) is 3.99. The molecule has 0 fully saturated rings. The Morgan fingerprint density at radius 3 is 1.15 bits per heavy atom. The summed E-state index contributed by atoms with van der Waals surface area (Å²) in [7, 11) is 0. The molecule has 8 nitrogen and oxygen atoms in total. The Bertz CT molecular complexity index is 1490. The summed E-state index contributed by atoms with van der Waals surface area (Å²) in [5.74, 6) is -0.0537. The van der Waals surface area contributed by atoms with E-state index in [1.54, 1.807) is 73.1 Å². The molecule has 10 heteroatoms. The molecule has 46 heavy (non-hydrogen) atoms. The predicted molar refractivity (Wildman–Crippen MR) is 172 cm³/mol. The molecule has 0 atom stereocenters. The fourth-order valence-electron chi connectivity index (χ4n) is 4.02. The van der Waals surface area contributed by atoms with Gasteiger partial charge in [0.15, 0.2) is 0 Å². The average molecular weight is 716 g/mol. The first-order valence-corrected chi connectivity index (χ1v) is 14.4. The van der Waals surface area contributed by atoms with Gasteiger partial charge in [0.05, 0.1) is 0 Å². The SMILES string of the molecule is CC(=NCCCN=Cc1ccccc1[O-])c1ccccc1[O-].CC(=NCCCN=Cc1ccccc1[O-])c1ccccc1[O-].[Cu+2].[Cu+2]. The van der Waals surface area contributed by atoms with Crippen molar-refractivity contribution in [2.45, 2.75) is 26.7 Å². The van der Waals surface area contributed by atoms with E-state index in [0.29, 0.717) is 48.4 Å². The molecular weight excluding hydrogens is 680 g/mol. The van der Waals surface area contributed by atoms with Crippen LogP contribution < -0.4 is 20.4 Å². The zero-order valence-corrected chi connectivity index (χ0v) is 27.5. The minimum absolute atomic E-state index is 0. The van der Waals surface area contributed by atoms with Crippen molar-refractivity contribution in [3.05, 3.63) is 119 Å². The fourth-order valence-corrected chi connectivity index (χ4v) is 4.02. The minimum Gasteiger partial charge on any atom is -0.872 e. The van der Waals surface area contributed by atoms with Gasteiger partial charge in [-0.3, -0.25) is 20.0 Å². The van der Waals surface area contributed by atoms with Gasteiger partial charge in [0, 0.05) is 50.0 Å². The summed E-state index contributed by atoms with van der Waals surface area (Å²) in [6, 6.07) is 27.4. The molecule has 0 aliphatic heterocycles. The smallest absolute Gasteiger partial charge is 0.872 e. The number of aliphatic imine (C=N–C) groups is 4. The molecule has 0 amide bonds. The maximum absolute atomic E-state index is 11.7. The molecule has 246 valence electrons. The van der Waals surface area contributed by atoms with Crippen molar-refractivity contribution in [2.24, 2.45) is 20.0 Å². The molecule has 0 heterocycles. The number of hydrogen-bond donors (Lipinski definition) is 0. The second-order valence-electron chi connectivity index (χ2n) is 9.78. The molecular formula is C36H36Cu2N4O4. The number of rotatable bonds is 12. The van der Waals surface area contributed by atoms with Crippen molar-refractivity contribution in [1.29, 1.82) is 0 Å². The molecule has 0 unspecified atom stereocenters. The summed E-state index contributed by atoms with van der Waals surface area (Å²) >= 11 is 0. The van der Waals surface area contributed by atoms with Gasteiger partial charge in [-0.15, -0.1) is 11.5 Å². The normalized spacial score (nSPS) is 11.4. The van der Waals surface area contributed by atoms with E-state index in [2.05, 4.69) is 20.0 Å². The Balaban J connectivity index is 0.000000441. The first-order valence-electron chi connectivity index (χ1n) is 14.4. The van der Waals surface area contributed by atoms with Crippen LogP contribution in [0.15, 0.2) is 117 Å². The molecule has 0 aliphatic carbocycles. The second-order valence-corrected chi connectivity index (χ2v) is 9.78. The van der Waals surface area contributed by atoms with Crippen LogP contribution in [-0.2, 0) is 34.1 Å². The van der Waals surface area contributed by atoms with Crippen molar-refractivity contribution in [3.8, 4) is 23.0 Å². The van der Waals surface area contributed by atoms with Crippen LogP contribution in [0.1, 0.15) is 48.9 Å². The number of benzene rings is 4. The van der Waals surface area contributed by atoms with E-state index in [1.807, 2.05) is 38.1 Å². The van der Waals surface area contributed by atoms with Crippen LogP contribution in [0.4, 0.5) is 0 Å². The van der Waals surface area contributed by atoms with Crippen LogP contribution in [-0.4, -0.2) is 50.0 Å². The largest absolute Gasteiger partial charge is 2.00 e. The van der Waals surface area contributed by atoms with Crippen LogP contribution in [0.3, 0.4) is 0 Å². The van der Waals surface area contributed by atoms with Gasteiger partial charge in [-0.2, -0.15) is 0 Å². The maximum Gasteiger partial charge on any atom is 2.00 e. The van der Waals surface area contributed by atoms with E-state index in [-0.39, 0.29) is 57.1 Å². The Morgan fingerprint density at radius 2 is 0.804 bits per heavy atom. The summed E-state index contributed by atoms with van der Waals surface area (Å²) in [5, 5.41) is 46.3. The molecule has 0 aromatic heterocycles. The van der Waals surface area contributed by atoms with E-state index in [0.717, 1.165) is 24.3 Å². The van der Waals surface area contributed by atoms with E-state index >= 15 is 0 Å². The molecule has 0 N–H and O–H groups in total. The van der Waals surface area contributed by atoms with Gasteiger partial charge in [-0.05, 0) is 48.9 Å². The molecule has 0 spiro atoms. The zero-order chi connectivity index (χ0) is 31.6. The Labute approximate surface area is 292 Å². The standard InChI is InChI=1S/2C18H20N2O2.2Cu/c2*1-14(16-8-3-5-10-18(16)22)20-12-6-11-19-13-15-7-2-4-9-17(15)21;;/h2*2-5,7-10,13,21-22H,6,11-12H2,1H3;;/q;;2*+2/p-4. The van der Waals surface area contributed by atoms with Crippen molar-refractivity contribution in [1.82, 2.24) is 0 Å². The number of hydrogen-bond acceptors (Lipinski definition) is 8. The van der Waals surface area contributed by atoms with Gasteiger partial charge >= 0.3 is 34.1 Å². The average Bonchev–Trinajstić information content (AvgIpc) is 3.02. The third kappa shape index (κ3) is 13.8. The third-order valence-corrected chi connectivity index (χ3v) is 6.44. The van der Waals surface area contributed by atoms with Crippen LogP contribution in [0.5, 0.6) is 23.0 Å². The molecule has 2 radical (unpaired) electrons. The van der Waals surface area contributed by atoms with E-state index in [1.165, 1.54) is 12.1 Å². The monoisotopic (exact) mass is 714 g/mol. The number of para-hydroxylation sites is 4. The minimum atomic E-state index is -0.0211. The molecule has 0 saturated carbocycles. The topological polar surface area (TPSA) is 142 Å².